The van der Waals surface area contributed by atoms with Crippen molar-refractivity contribution in [1.82, 2.24) is 4.90 Å². The Bertz CT molecular complexity index is 672. The number of ether oxygens (including phenoxy) is 2. The van der Waals surface area contributed by atoms with Crippen molar-refractivity contribution in [3.63, 3.8) is 0 Å². The molecule has 0 radical (unpaired) electrons. The van der Waals surface area contributed by atoms with E-state index in [-0.39, 0.29) is 18.0 Å². The first-order valence-electron chi connectivity index (χ1n) is 8.75. The summed E-state index contributed by atoms with van der Waals surface area (Å²) in [5.41, 5.74) is 1.49. The number of carbonyl (C=O) groups is 2. The summed E-state index contributed by atoms with van der Waals surface area (Å²) in [4.78, 5) is 28.3. The first-order chi connectivity index (χ1) is 11.8. The molecule has 0 aromatic heterocycles. The van der Waals surface area contributed by atoms with E-state index in [1.807, 2.05) is 43.9 Å². The molecule has 0 saturated carbocycles. The van der Waals surface area contributed by atoms with Crippen molar-refractivity contribution in [1.29, 1.82) is 0 Å². The Kier molecular flexibility index (Phi) is 4.62. The maximum Gasteiger partial charge on any atom is 0.410 e. The minimum atomic E-state index is -0.492. The van der Waals surface area contributed by atoms with Gasteiger partial charge in [0.05, 0.1) is 19.2 Å². The van der Waals surface area contributed by atoms with E-state index in [0.717, 1.165) is 29.8 Å². The molecule has 2 amide bonds. The number of hydrogen-bond acceptors (Lipinski definition) is 4. The number of nitrogens with zero attached hydrogens (tertiary/aromatic N) is 2. The number of piperidine rings is 1. The number of anilines is 1. The van der Waals surface area contributed by atoms with Crippen molar-refractivity contribution >= 4 is 17.7 Å². The van der Waals surface area contributed by atoms with Crippen LogP contribution in [0.2, 0.25) is 0 Å². The third-order valence-corrected chi connectivity index (χ3v) is 4.64. The fourth-order valence-electron chi connectivity index (χ4n) is 3.46. The number of likely N-dealkylation sites (tertiary alicyclic amines) is 1. The molecule has 6 nitrogen and oxygen atoms in total. The summed E-state index contributed by atoms with van der Waals surface area (Å²) in [6.07, 6.45) is 1.66. The van der Waals surface area contributed by atoms with Crippen molar-refractivity contribution in [2.24, 2.45) is 0 Å². The topological polar surface area (TPSA) is 59.1 Å². The number of hydrogen-bond donors (Lipinski definition) is 0. The van der Waals surface area contributed by atoms with Crippen LogP contribution in [-0.4, -0.2) is 48.7 Å². The van der Waals surface area contributed by atoms with E-state index in [1.54, 1.807) is 12.0 Å². The quantitative estimate of drug-likeness (QED) is 0.826. The number of carbonyl (C=O) groups excluding carboxylic acids is 2. The number of methoxy groups -OCH3 is 1. The summed E-state index contributed by atoms with van der Waals surface area (Å²) in [6.45, 7) is 6.80. The Morgan fingerprint density at radius 2 is 1.88 bits per heavy atom. The lowest BCUT2D eigenvalue weighted by molar-refractivity contribution is -0.118. The van der Waals surface area contributed by atoms with E-state index >= 15 is 0 Å². The van der Waals surface area contributed by atoms with Gasteiger partial charge >= 0.3 is 6.09 Å². The molecule has 0 bridgehead atoms. The van der Waals surface area contributed by atoms with Crippen LogP contribution in [0.4, 0.5) is 10.5 Å². The standard InChI is InChI=1S/C19H26N2O4/c1-19(2,3)25-18(23)20-9-7-14(8-10-20)21-16-12-15(24-4)6-5-13(16)11-17(21)22/h5-6,12,14H,7-11H2,1-4H3. The SMILES string of the molecule is COc1ccc2c(c1)N(C1CCN(C(=O)OC(C)(C)C)CC1)C(=O)C2. The first-order valence-corrected chi connectivity index (χ1v) is 8.75. The van der Waals surface area contributed by atoms with Gasteiger partial charge in [0.15, 0.2) is 0 Å². The molecule has 3 rings (SSSR count). The molecule has 0 N–H and O–H groups in total. The Morgan fingerprint density at radius 3 is 2.48 bits per heavy atom. The van der Waals surface area contributed by atoms with Crippen LogP contribution in [0, 0.1) is 0 Å². The second-order valence-electron chi connectivity index (χ2n) is 7.63. The zero-order valence-electron chi connectivity index (χ0n) is 15.4. The minimum Gasteiger partial charge on any atom is -0.497 e. The molecule has 25 heavy (non-hydrogen) atoms. The largest absolute Gasteiger partial charge is 0.497 e. The van der Waals surface area contributed by atoms with Crippen LogP contribution in [0.25, 0.3) is 0 Å². The zero-order valence-corrected chi connectivity index (χ0v) is 15.4. The van der Waals surface area contributed by atoms with E-state index in [9.17, 15) is 9.59 Å². The normalized spacial score (nSPS) is 18.3. The molecule has 136 valence electrons. The van der Waals surface area contributed by atoms with Gasteiger partial charge in [-0.15, -0.1) is 0 Å². The van der Waals surface area contributed by atoms with E-state index in [0.29, 0.717) is 19.5 Å². The predicted octanol–water partition coefficient (Wildman–Crippen LogP) is 2.98. The second kappa shape index (κ2) is 6.58. The smallest absolute Gasteiger partial charge is 0.410 e. The summed E-state index contributed by atoms with van der Waals surface area (Å²) in [5.74, 6) is 0.878. The van der Waals surface area contributed by atoms with Crippen LogP contribution in [0.3, 0.4) is 0 Å². The molecule has 6 heteroatoms. The first kappa shape index (κ1) is 17.6. The average molecular weight is 346 g/mol. The Labute approximate surface area is 148 Å². The van der Waals surface area contributed by atoms with E-state index in [4.69, 9.17) is 9.47 Å². The number of benzene rings is 1. The van der Waals surface area contributed by atoms with Crippen LogP contribution in [0.1, 0.15) is 39.2 Å². The van der Waals surface area contributed by atoms with Crippen LogP contribution < -0.4 is 9.64 Å². The van der Waals surface area contributed by atoms with Gasteiger partial charge in [-0.05, 0) is 45.2 Å². The van der Waals surface area contributed by atoms with Crippen LogP contribution in [0.5, 0.6) is 5.75 Å². The summed E-state index contributed by atoms with van der Waals surface area (Å²) < 4.78 is 10.7. The Balaban J connectivity index is 1.68. The molecule has 2 aliphatic heterocycles. The molecule has 1 fully saturated rings. The van der Waals surface area contributed by atoms with Gasteiger partial charge in [-0.2, -0.15) is 0 Å². The van der Waals surface area contributed by atoms with Gasteiger partial charge in [0.2, 0.25) is 5.91 Å². The van der Waals surface area contributed by atoms with Crippen LogP contribution >= 0.6 is 0 Å². The molecule has 0 spiro atoms. The number of amides is 2. The molecule has 0 atom stereocenters. The summed E-state index contributed by atoms with van der Waals surface area (Å²) >= 11 is 0. The monoisotopic (exact) mass is 346 g/mol. The minimum absolute atomic E-state index is 0.111. The van der Waals surface area contributed by atoms with Crippen LogP contribution in [-0.2, 0) is 16.0 Å². The van der Waals surface area contributed by atoms with Crippen LogP contribution in [0.15, 0.2) is 18.2 Å². The van der Waals surface area contributed by atoms with Crippen molar-refractivity contribution in [2.45, 2.75) is 51.7 Å². The van der Waals surface area contributed by atoms with Crippen molar-refractivity contribution < 1.29 is 19.1 Å². The van der Waals surface area contributed by atoms with E-state index < -0.39 is 5.60 Å². The number of fused-ring (bicyclic) bond motifs is 1. The molecule has 1 aromatic carbocycles. The fourth-order valence-corrected chi connectivity index (χ4v) is 3.46. The Hall–Kier alpha value is -2.24. The number of rotatable bonds is 2. The highest BCUT2D eigenvalue weighted by molar-refractivity contribution is 6.02. The zero-order chi connectivity index (χ0) is 18.2. The maximum atomic E-state index is 12.5. The summed E-state index contributed by atoms with van der Waals surface area (Å²) in [6, 6.07) is 5.89. The van der Waals surface area contributed by atoms with E-state index in [1.165, 1.54) is 0 Å². The van der Waals surface area contributed by atoms with Crippen molar-refractivity contribution in [3.05, 3.63) is 23.8 Å². The van der Waals surface area contributed by atoms with Gasteiger partial charge in [0.25, 0.3) is 0 Å². The molecule has 1 saturated heterocycles. The molecular formula is C19H26N2O4. The van der Waals surface area contributed by atoms with Gasteiger partial charge in [-0.3, -0.25) is 4.79 Å². The molecular weight excluding hydrogens is 320 g/mol. The van der Waals surface area contributed by atoms with Crippen molar-refractivity contribution in [3.8, 4) is 5.75 Å². The third-order valence-electron chi connectivity index (χ3n) is 4.64. The molecule has 1 aromatic rings. The molecule has 2 heterocycles. The second-order valence-corrected chi connectivity index (χ2v) is 7.63. The highest BCUT2D eigenvalue weighted by Crippen LogP contribution is 2.36. The molecule has 2 aliphatic rings. The highest BCUT2D eigenvalue weighted by Gasteiger charge is 2.36. The maximum absolute atomic E-state index is 12.5. The van der Waals surface area contributed by atoms with E-state index in [2.05, 4.69) is 0 Å². The lowest BCUT2D eigenvalue weighted by Gasteiger charge is -2.37. The van der Waals surface area contributed by atoms with Crippen molar-refractivity contribution in [2.75, 3.05) is 25.1 Å². The van der Waals surface area contributed by atoms with Gasteiger partial charge in [-0.25, -0.2) is 4.79 Å². The molecule has 0 aliphatic carbocycles. The third kappa shape index (κ3) is 3.72. The van der Waals surface area contributed by atoms with Gasteiger partial charge in [-0.1, -0.05) is 6.07 Å². The van der Waals surface area contributed by atoms with Gasteiger partial charge in [0, 0.05) is 25.2 Å². The van der Waals surface area contributed by atoms with Gasteiger partial charge in [0.1, 0.15) is 11.4 Å². The average Bonchev–Trinajstić information content (AvgIpc) is 2.88. The van der Waals surface area contributed by atoms with Gasteiger partial charge < -0.3 is 19.3 Å². The lowest BCUT2D eigenvalue weighted by Crippen LogP contribution is -2.49. The fraction of sp³-hybridized carbons (Fsp3) is 0.579. The summed E-state index contributed by atoms with van der Waals surface area (Å²) in [7, 11) is 1.63. The predicted molar refractivity (Wildman–Crippen MR) is 95.0 cm³/mol. The summed E-state index contributed by atoms with van der Waals surface area (Å²) in [5, 5.41) is 0. The highest BCUT2D eigenvalue weighted by atomic mass is 16.6. The Morgan fingerprint density at radius 1 is 1.20 bits per heavy atom. The molecule has 0 unspecified atom stereocenters. The lowest BCUT2D eigenvalue weighted by atomic mass is 10.0.